The van der Waals surface area contributed by atoms with Gasteiger partial charge in [0.15, 0.2) is 11.5 Å². The Morgan fingerprint density at radius 3 is 2.45 bits per heavy atom. The first-order chi connectivity index (χ1) is 10.6. The van der Waals surface area contributed by atoms with E-state index in [4.69, 9.17) is 13.9 Å². The van der Waals surface area contributed by atoms with Gasteiger partial charge in [-0.2, -0.15) is 0 Å². The molecule has 1 aromatic heterocycles. The standard InChI is InChI=1S/C17H21NO4/c1-5-18(17(19)14-8-9-22-12(14)2)11-13-6-7-15(20-3)16(10-13)21-4/h6-10H,5,11H2,1-4H3. The van der Waals surface area contributed by atoms with Crippen molar-refractivity contribution in [3.05, 3.63) is 47.4 Å². The Balaban J connectivity index is 2.20. The molecule has 0 atom stereocenters. The second-order valence-corrected chi connectivity index (χ2v) is 4.90. The van der Waals surface area contributed by atoms with Crippen molar-refractivity contribution in [3.8, 4) is 11.5 Å². The lowest BCUT2D eigenvalue weighted by Crippen LogP contribution is -2.30. The molecule has 118 valence electrons. The summed E-state index contributed by atoms with van der Waals surface area (Å²) in [4.78, 5) is 14.3. The summed E-state index contributed by atoms with van der Waals surface area (Å²) in [7, 11) is 3.19. The molecule has 5 nitrogen and oxygen atoms in total. The zero-order chi connectivity index (χ0) is 16.1. The van der Waals surface area contributed by atoms with E-state index in [1.54, 1.807) is 32.1 Å². The van der Waals surface area contributed by atoms with Crippen molar-refractivity contribution in [2.24, 2.45) is 0 Å². The Labute approximate surface area is 130 Å². The summed E-state index contributed by atoms with van der Waals surface area (Å²) in [5, 5.41) is 0. The van der Waals surface area contributed by atoms with E-state index in [2.05, 4.69) is 0 Å². The third-order valence-corrected chi connectivity index (χ3v) is 3.58. The van der Waals surface area contributed by atoms with Gasteiger partial charge in [0.25, 0.3) is 5.91 Å². The summed E-state index contributed by atoms with van der Waals surface area (Å²) in [6, 6.07) is 7.36. The van der Waals surface area contributed by atoms with Crippen LogP contribution in [0.3, 0.4) is 0 Å². The maximum atomic E-state index is 12.5. The van der Waals surface area contributed by atoms with Gasteiger partial charge < -0.3 is 18.8 Å². The largest absolute Gasteiger partial charge is 0.493 e. The maximum absolute atomic E-state index is 12.5. The van der Waals surface area contributed by atoms with Crippen LogP contribution < -0.4 is 9.47 Å². The van der Waals surface area contributed by atoms with E-state index < -0.39 is 0 Å². The van der Waals surface area contributed by atoms with Crippen molar-refractivity contribution in [1.82, 2.24) is 4.90 Å². The van der Waals surface area contributed by atoms with Crippen LogP contribution in [0.25, 0.3) is 0 Å². The number of hydrogen-bond donors (Lipinski definition) is 0. The van der Waals surface area contributed by atoms with Crippen molar-refractivity contribution in [2.45, 2.75) is 20.4 Å². The third-order valence-electron chi connectivity index (χ3n) is 3.58. The highest BCUT2D eigenvalue weighted by atomic mass is 16.5. The van der Waals surface area contributed by atoms with Gasteiger partial charge in [0.2, 0.25) is 0 Å². The van der Waals surface area contributed by atoms with Crippen LogP contribution in [0.2, 0.25) is 0 Å². The van der Waals surface area contributed by atoms with Gasteiger partial charge in [0, 0.05) is 13.1 Å². The average molecular weight is 303 g/mol. The number of ether oxygens (including phenoxy) is 2. The van der Waals surface area contributed by atoms with Gasteiger partial charge in [-0.15, -0.1) is 0 Å². The second-order valence-electron chi connectivity index (χ2n) is 4.90. The number of carbonyl (C=O) groups is 1. The highest BCUT2D eigenvalue weighted by Gasteiger charge is 2.18. The molecular weight excluding hydrogens is 282 g/mol. The molecule has 1 heterocycles. The predicted octanol–water partition coefficient (Wildman–Crippen LogP) is 3.27. The van der Waals surface area contributed by atoms with Gasteiger partial charge in [0.1, 0.15) is 5.76 Å². The lowest BCUT2D eigenvalue weighted by Gasteiger charge is -2.21. The molecule has 0 saturated heterocycles. The van der Waals surface area contributed by atoms with Crippen LogP contribution in [0.15, 0.2) is 34.9 Å². The van der Waals surface area contributed by atoms with E-state index in [0.717, 1.165) is 5.56 Å². The van der Waals surface area contributed by atoms with Crippen LogP contribution in [0.5, 0.6) is 11.5 Å². The highest BCUT2D eigenvalue weighted by molar-refractivity contribution is 5.95. The minimum Gasteiger partial charge on any atom is -0.493 e. The fourth-order valence-corrected chi connectivity index (χ4v) is 2.30. The topological polar surface area (TPSA) is 51.9 Å². The minimum absolute atomic E-state index is 0.0384. The molecule has 0 radical (unpaired) electrons. The zero-order valence-electron chi connectivity index (χ0n) is 13.4. The van der Waals surface area contributed by atoms with Gasteiger partial charge in [-0.05, 0) is 37.6 Å². The van der Waals surface area contributed by atoms with E-state index >= 15 is 0 Å². The zero-order valence-corrected chi connectivity index (χ0v) is 13.4. The number of furan rings is 1. The van der Waals surface area contributed by atoms with Crippen LogP contribution in [0, 0.1) is 6.92 Å². The number of nitrogens with zero attached hydrogens (tertiary/aromatic N) is 1. The average Bonchev–Trinajstić information content (AvgIpc) is 2.97. The number of aryl methyl sites for hydroxylation is 1. The fraction of sp³-hybridized carbons (Fsp3) is 0.353. The summed E-state index contributed by atoms with van der Waals surface area (Å²) in [6.45, 7) is 4.85. The van der Waals surface area contributed by atoms with Gasteiger partial charge in [0.05, 0.1) is 26.0 Å². The predicted molar refractivity (Wildman–Crippen MR) is 83.4 cm³/mol. The molecule has 0 saturated carbocycles. The number of carbonyl (C=O) groups excluding carboxylic acids is 1. The third kappa shape index (κ3) is 3.24. The van der Waals surface area contributed by atoms with Gasteiger partial charge in [-0.1, -0.05) is 6.07 Å². The highest BCUT2D eigenvalue weighted by Crippen LogP contribution is 2.28. The number of rotatable bonds is 6. The van der Waals surface area contributed by atoms with Crippen LogP contribution >= 0.6 is 0 Å². The monoisotopic (exact) mass is 303 g/mol. The first kappa shape index (κ1) is 15.9. The molecular formula is C17H21NO4. The number of benzene rings is 1. The molecule has 0 aliphatic rings. The summed E-state index contributed by atoms with van der Waals surface area (Å²) < 4.78 is 15.7. The molecule has 0 unspecified atom stereocenters. The lowest BCUT2D eigenvalue weighted by molar-refractivity contribution is 0.0750. The van der Waals surface area contributed by atoms with Crippen molar-refractivity contribution in [3.63, 3.8) is 0 Å². The van der Waals surface area contributed by atoms with Crippen molar-refractivity contribution < 1.29 is 18.7 Å². The molecule has 0 aliphatic heterocycles. The molecule has 0 fully saturated rings. The SMILES string of the molecule is CCN(Cc1ccc(OC)c(OC)c1)C(=O)c1ccoc1C. The van der Waals surface area contributed by atoms with E-state index in [1.807, 2.05) is 25.1 Å². The van der Waals surface area contributed by atoms with Crippen molar-refractivity contribution >= 4 is 5.91 Å². The van der Waals surface area contributed by atoms with Crippen LogP contribution in [0.1, 0.15) is 28.6 Å². The van der Waals surface area contributed by atoms with E-state index in [9.17, 15) is 4.79 Å². The molecule has 1 aromatic carbocycles. The van der Waals surface area contributed by atoms with E-state index in [-0.39, 0.29) is 5.91 Å². The molecule has 2 aromatic rings. The number of hydrogen-bond acceptors (Lipinski definition) is 4. The Morgan fingerprint density at radius 2 is 1.91 bits per heavy atom. The molecule has 0 bridgehead atoms. The quantitative estimate of drug-likeness (QED) is 0.822. The summed E-state index contributed by atoms with van der Waals surface area (Å²) >= 11 is 0. The number of amides is 1. The summed E-state index contributed by atoms with van der Waals surface area (Å²) in [5.41, 5.74) is 1.58. The van der Waals surface area contributed by atoms with Gasteiger partial charge in [-0.3, -0.25) is 4.79 Å². The smallest absolute Gasteiger partial charge is 0.257 e. The maximum Gasteiger partial charge on any atom is 0.257 e. The Kier molecular flexibility index (Phi) is 5.09. The molecule has 2 rings (SSSR count). The van der Waals surface area contributed by atoms with Crippen molar-refractivity contribution in [2.75, 3.05) is 20.8 Å². The lowest BCUT2D eigenvalue weighted by atomic mass is 10.1. The van der Waals surface area contributed by atoms with E-state index in [1.165, 1.54) is 6.26 Å². The molecule has 0 aliphatic carbocycles. The summed E-state index contributed by atoms with van der Waals surface area (Å²) in [5.74, 6) is 1.92. The normalized spacial score (nSPS) is 10.4. The number of methoxy groups -OCH3 is 2. The Morgan fingerprint density at radius 1 is 1.18 bits per heavy atom. The molecule has 0 spiro atoms. The van der Waals surface area contributed by atoms with Gasteiger partial charge in [-0.25, -0.2) is 0 Å². The molecule has 22 heavy (non-hydrogen) atoms. The van der Waals surface area contributed by atoms with E-state index in [0.29, 0.717) is 35.9 Å². The molecule has 1 amide bonds. The first-order valence-corrected chi connectivity index (χ1v) is 7.15. The minimum atomic E-state index is -0.0384. The summed E-state index contributed by atoms with van der Waals surface area (Å²) in [6.07, 6.45) is 1.53. The van der Waals surface area contributed by atoms with Crippen LogP contribution in [-0.2, 0) is 6.54 Å². The van der Waals surface area contributed by atoms with Crippen LogP contribution in [-0.4, -0.2) is 31.6 Å². The fourth-order valence-electron chi connectivity index (χ4n) is 2.30. The van der Waals surface area contributed by atoms with Crippen LogP contribution in [0.4, 0.5) is 0 Å². The Bertz CT molecular complexity index is 648. The second kappa shape index (κ2) is 7.02. The van der Waals surface area contributed by atoms with Gasteiger partial charge >= 0.3 is 0 Å². The van der Waals surface area contributed by atoms with Crippen molar-refractivity contribution in [1.29, 1.82) is 0 Å². The molecule has 0 N–H and O–H groups in total. The molecule has 5 heteroatoms. The Hall–Kier alpha value is -2.43. The first-order valence-electron chi connectivity index (χ1n) is 7.15.